The first-order valence-corrected chi connectivity index (χ1v) is 5.02. The molecule has 15 heavy (non-hydrogen) atoms. The number of benzene rings is 1. The second-order valence-electron chi connectivity index (χ2n) is 3.11. The smallest absolute Gasteiger partial charge is 0.338 e. The zero-order valence-corrected chi connectivity index (χ0v) is 9.45. The molecule has 0 heterocycles. The molecule has 0 saturated heterocycles. The Balaban J connectivity index is 2.58. The molecule has 4 heteroatoms. The molecule has 0 aliphatic heterocycles. The second-order valence-corrected chi connectivity index (χ2v) is 3.85. The fourth-order valence-corrected chi connectivity index (χ4v) is 1.06. The molecule has 0 saturated carbocycles. The lowest BCUT2D eigenvalue weighted by molar-refractivity contribution is 0.0508. The summed E-state index contributed by atoms with van der Waals surface area (Å²) < 4.78 is 9.93. The van der Waals surface area contributed by atoms with Crippen molar-refractivity contribution in [3.05, 3.63) is 29.8 Å². The summed E-state index contributed by atoms with van der Waals surface area (Å²) in [6, 6.07) is 6.72. The lowest BCUT2D eigenvalue weighted by Gasteiger charge is -2.06. The van der Waals surface area contributed by atoms with Gasteiger partial charge in [-0.05, 0) is 31.2 Å². The van der Waals surface area contributed by atoms with Gasteiger partial charge in [0.1, 0.15) is 12.4 Å². The van der Waals surface area contributed by atoms with Crippen LogP contribution in [0, 0.1) is 0 Å². The Morgan fingerprint density at radius 2 is 2.00 bits per heavy atom. The molecular formula is C11H13ClO3. The highest BCUT2D eigenvalue weighted by Gasteiger charge is 2.08. The van der Waals surface area contributed by atoms with Crippen LogP contribution in [0.15, 0.2) is 24.3 Å². The number of hydrogen-bond donors (Lipinski definition) is 0. The van der Waals surface area contributed by atoms with Gasteiger partial charge in [-0.1, -0.05) is 0 Å². The molecule has 0 fully saturated rings. The Labute approximate surface area is 93.9 Å². The van der Waals surface area contributed by atoms with Crippen molar-refractivity contribution >= 4 is 17.6 Å². The first-order valence-electron chi connectivity index (χ1n) is 4.58. The van der Waals surface area contributed by atoms with Crippen LogP contribution in [0.1, 0.15) is 17.3 Å². The standard InChI is InChI=1S/C11H13ClO3/c1-8(12)7-15-11(13)9-3-5-10(14-2)6-4-9/h3-6,8H,7H2,1-2H3/t8-/m1/s1. The van der Waals surface area contributed by atoms with Crippen LogP contribution in [0.25, 0.3) is 0 Å². The zero-order chi connectivity index (χ0) is 11.3. The van der Waals surface area contributed by atoms with Crippen molar-refractivity contribution in [2.45, 2.75) is 12.3 Å². The lowest BCUT2D eigenvalue weighted by Crippen LogP contribution is -2.11. The fourth-order valence-electron chi connectivity index (χ4n) is 1.00. The van der Waals surface area contributed by atoms with Gasteiger partial charge < -0.3 is 9.47 Å². The summed E-state index contributed by atoms with van der Waals surface area (Å²) in [5.74, 6) is 0.336. The minimum Gasteiger partial charge on any atom is -0.497 e. The lowest BCUT2D eigenvalue weighted by atomic mass is 10.2. The van der Waals surface area contributed by atoms with Crippen molar-refractivity contribution in [3.63, 3.8) is 0 Å². The number of methoxy groups -OCH3 is 1. The Bertz CT molecular complexity index is 319. The maximum Gasteiger partial charge on any atom is 0.338 e. The van der Waals surface area contributed by atoms with Gasteiger partial charge in [-0.3, -0.25) is 0 Å². The molecule has 1 aromatic carbocycles. The molecule has 0 N–H and O–H groups in total. The Hall–Kier alpha value is -1.22. The van der Waals surface area contributed by atoms with Gasteiger partial charge >= 0.3 is 5.97 Å². The zero-order valence-electron chi connectivity index (χ0n) is 8.70. The van der Waals surface area contributed by atoms with Gasteiger partial charge in [0.05, 0.1) is 18.1 Å². The minimum atomic E-state index is -0.370. The number of hydrogen-bond acceptors (Lipinski definition) is 3. The van der Waals surface area contributed by atoms with E-state index < -0.39 is 0 Å². The van der Waals surface area contributed by atoms with Crippen molar-refractivity contribution in [2.24, 2.45) is 0 Å². The average molecular weight is 229 g/mol. The number of halogens is 1. The molecule has 0 spiro atoms. The molecule has 0 amide bonds. The quantitative estimate of drug-likeness (QED) is 0.587. The number of carbonyl (C=O) groups excluding carboxylic acids is 1. The van der Waals surface area contributed by atoms with Crippen molar-refractivity contribution in [2.75, 3.05) is 13.7 Å². The maximum absolute atomic E-state index is 11.4. The Morgan fingerprint density at radius 3 is 2.47 bits per heavy atom. The first kappa shape index (κ1) is 11.9. The van der Waals surface area contributed by atoms with E-state index >= 15 is 0 Å². The summed E-state index contributed by atoms with van der Waals surface area (Å²) in [7, 11) is 1.57. The SMILES string of the molecule is COc1ccc(C(=O)OC[C@@H](C)Cl)cc1. The van der Waals surface area contributed by atoms with Crippen LogP contribution in [0.5, 0.6) is 5.75 Å². The molecule has 0 aromatic heterocycles. The Kier molecular flexibility index (Phi) is 4.43. The third-order valence-corrected chi connectivity index (χ3v) is 1.90. The van der Waals surface area contributed by atoms with Crippen molar-refractivity contribution in [3.8, 4) is 5.75 Å². The topological polar surface area (TPSA) is 35.5 Å². The highest BCUT2D eigenvalue weighted by atomic mass is 35.5. The van der Waals surface area contributed by atoms with Crippen LogP contribution in [-0.4, -0.2) is 25.1 Å². The van der Waals surface area contributed by atoms with Crippen LogP contribution in [0.3, 0.4) is 0 Å². The summed E-state index contributed by atoms with van der Waals surface area (Å²) in [4.78, 5) is 11.4. The summed E-state index contributed by atoms with van der Waals surface area (Å²) in [5, 5.41) is -0.174. The average Bonchev–Trinajstić information content (AvgIpc) is 2.26. The monoisotopic (exact) mass is 228 g/mol. The van der Waals surface area contributed by atoms with E-state index in [0.29, 0.717) is 11.3 Å². The van der Waals surface area contributed by atoms with Gasteiger partial charge in [-0.2, -0.15) is 0 Å². The maximum atomic E-state index is 11.4. The van der Waals surface area contributed by atoms with Crippen LogP contribution >= 0.6 is 11.6 Å². The molecule has 0 aliphatic rings. The molecule has 0 unspecified atom stereocenters. The van der Waals surface area contributed by atoms with Crippen molar-refractivity contribution < 1.29 is 14.3 Å². The van der Waals surface area contributed by atoms with E-state index in [1.54, 1.807) is 38.3 Å². The third kappa shape index (κ3) is 3.80. The Morgan fingerprint density at radius 1 is 1.40 bits per heavy atom. The fraction of sp³-hybridized carbons (Fsp3) is 0.364. The third-order valence-electron chi connectivity index (χ3n) is 1.77. The van der Waals surface area contributed by atoms with E-state index in [2.05, 4.69) is 0 Å². The largest absolute Gasteiger partial charge is 0.497 e. The predicted octanol–water partition coefficient (Wildman–Crippen LogP) is 2.48. The highest BCUT2D eigenvalue weighted by Crippen LogP contribution is 2.12. The van der Waals surface area contributed by atoms with E-state index in [-0.39, 0.29) is 18.0 Å². The van der Waals surface area contributed by atoms with E-state index in [1.165, 1.54) is 0 Å². The molecule has 1 atom stereocenters. The first-order chi connectivity index (χ1) is 7.13. The molecule has 82 valence electrons. The van der Waals surface area contributed by atoms with Gasteiger partial charge in [-0.25, -0.2) is 4.79 Å². The minimum absolute atomic E-state index is 0.174. The van der Waals surface area contributed by atoms with Crippen molar-refractivity contribution in [1.29, 1.82) is 0 Å². The van der Waals surface area contributed by atoms with E-state index in [4.69, 9.17) is 21.1 Å². The number of rotatable bonds is 4. The molecular weight excluding hydrogens is 216 g/mol. The summed E-state index contributed by atoms with van der Waals surface area (Å²) in [6.45, 7) is 1.98. The van der Waals surface area contributed by atoms with Crippen LogP contribution < -0.4 is 4.74 Å². The van der Waals surface area contributed by atoms with E-state index in [0.717, 1.165) is 0 Å². The van der Waals surface area contributed by atoms with E-state index in [1.807, 2.05) is 0 Å². The molecule has 0 aliphatic carbocycles. The van der Waals surface area contributed by atoms with Gasteiger partial charge in [0.2, 0.25) is 0 Å². The summed E-state index contributed by atoms with van der Waals surface area (Å²) in [6.07, 6.45) is 0. The molecule has 1 aromatic rings. The van der Waals surface area contributed by atoms with Gasteiger partial charge in [-0.15, -0.1) is 11.6 Å². The van der Waals surface area contributed by atoms with Gasteiger partial charge in [0, 0.05) is 0 Å². The van der Waals surface area contributed by atoms with Crippen LogP contribution in [0.2, 0.25) is 0 Å². The summed E-state index contributed by atoms with van der Waals surface area (Å²) >= 11 is 5.66. The predicted molar refractivity (Wildman–Crippen MR) is 58.6 cm³/mol. The second kappa shape index (κ2) is 5.61. The van der Waals surface area contributed by atoms with Gasteiger partial charge in [0.15, 0.2) is 0 Å². The molecule has 0 bridgehead atoms. The number of carbonyl (C=O) groups is 1. The normalized spacial score (nSPS) is 11.9. The number of alkyl halides is 1. The van der Waals surface area contributed by atoms with Crippen LogP contribution in [0.4, 0.5) is 0 Å². The number of esters is 1. The van der Waals surface area contributed by atoms with E-state index in [9.17, 15) is 4.79 Å². The summed E-state index contributed by atoms with van der Waals surface area (Å²) in [5.41, 5.74) is 0.494. The highest BCUT2D eigenvalue weighted by molar-refractivity contribution is 6.20. The molecule has 1 rings (SSSR count). The van der Waals surface area contributed by atoms with Crippen LogP contribution in [-0.2, 0) is 4.74 Å². The molecule has 0 radical (unpaired) electrons. The van der Waals surface area contributed by atoms with Crippen molar-refractivity contribution in [1.82, 2.24) is 0 Å². The molecule has 3 nitrogen and oxygen atoms in total. The van der Waals surface area contributed by atoms with Gasteiger partial charge in [0.25, 0.3) is 0 Å². The number of ether oxygens (including phenoxy) is 2.